The molecule has 1 N–H and O–H groups in total. The highest BCUT2D eigenvalue weighted by molar-refractivity contribution is 7.92. The SMILES string of the molecule is Cc1cccc(CCCNC(=O)CCCN(c2cccc([N+](=O)[O-])c2)S(C)(=O)=O)c1. The summed E-state index contributed by atoms with van der Waals surface area (Å²) in [5, 5.41) is 13.8. The Balaban J connectivity index is 1.81. The Hall–Kier alpha value is -2.94. The van der Waals surface area contributed by atoms with Crippen molar-refractivity contribution in [3.05, 3.63) is 69.8 Å². The summed E-state index contributed by atoms with van der Waals surface area (Å²) in [5.74, 6) is -0.147. The number of carbonyl (C=O) groups excluding carboxylic acids is 1. The standard InChI is InChI=1S/C21H27N3O5S/c1-17-7-3-8-18(15-17)9-5-13-22-21(25)12-6-14-23(30(2,28)29)19-10-4-11-20(16-19)24(26)27/h3-4,7-8,10-11,15-16H,5-6,9,12-14H2,1-2H3,(H,22,25). The first-order chi connectivity index (χ1) is 14.2. The van der Waals surface area contributed by atoms with Gasteiger partial charge in [-0.2, -0.15) is 0 Å². The van der Waals surface area contributed by atoms with Gasteiger partial charge in [0.05, 0.1) is 16.9 Å². The molecule has 0 bridgehead atoms. The summed E-state index contributed by atoms with van der Waals surface area (Å²) in [6.45, 7) is 2.66. The Labute approximate surface area is 177 Å². The van der Waals surface area contributed by atoms with E-state index < -0.39 is 14.9 Å². The van der Waals surface area contributed by atoms with Crippen LogP contribution in [0.2, 0.25) is 0 Å². The molecule has 2 rings (SSSR count). The second-order valence-electron chi connectivity index (χ2n) is 7.16. The van der Waals surface area contributed by atoms with Crippen molar-refractivity contribution in [3.63, 3.8) is 0 Å². The Kier molecular flexibility index (Phi) is 8.35. The number of nitrogens with one attached hydrogen (secondary N) is 1. The van der Waals surface area contributed by atoms with Gasteiger partial charge in [-0.3, -0.25) is 19.2 Å². The highest BCUT2D eigenvalue weighted by atomic mass is 32.2. The molecule has 0 atom stereocenters. The third kappa shape index (κ3) is 7.47. The lowest BCUT2D eigenvalue weighted by Crippen LogP contribution is -2.32. The minimum absolute atomic E-state index is 0.0662. The number of benzene rings is 2. The molecular formula is C21H27N3O5S. The van der Waals surface area contributed by atoms with Gasteiger partial charge in [-0.05, 0) is 37.8 Å². The third-order valence-electron chi connectivity index (χ3n) is 4.54. The molecule has 0 fully saturated rings. The number of carbonyl (C=O) groups is 1. The van der Waals surface area contributed by atoms with Crippen LogP contribution in [0, 0.1) is 17.0 Å². The molecule has 162 valence electrons. The second-order valence-corrected chi connectivity index (χ2v) is 9.07. The molecule has 2 aromatic carbocycles. The van der Waals surface area contributed by atoms with Gasteiger partial charge in [0.25, 0.3) is 5.69 Å². The number of rotatable bonds is 11. The van der Waals surface area contributed by atoms with E-state index in [9.17, 15) is 23.3 Å². The molecule has 30 heavy (non-hydrogen) atoms. The normalized spacial score (nSPS) is 11.1. The van der Waals surface area contributed by atoms with Gasteiger partial charge < -0.3 is 5.32 Å². The minimum Gasteiger partial charge on any atom is -0.356 e. The Morgan fingerprint density at radius 1 is 1.13 bits per heavy atom. The highest BCUT2D eigenvalue weighted by Crippen LogP contribution is 2.23. The van der Waals surface area contributed by atoms with E-state index in [1.54, 1.807) is 0 Å². The van der Waals surface area contributed by atoms with Gasteiger partial charge in [0, 0.05) is 31.6 Å². The van der Waals surface area contributed by atoms with Crippen LogP contribution in [0.1, 0.15) is 30.4 Å². The first kappa shape index (κ1) is 23.3. The molecule has 0 radical (unpaired) electrons. The number of hydrogen-bond donors (Lipinski definition) is 1. The van der Waals surface area contributed by atoms with E-state index in [1.165, 1.54) is 35.4 Å². The predicted molar refractivity (Wildman–Crippen MR) is 117 cm³/mol. The zero-order valence-electron chi connectivity index (χ0n) is 17.2. The number of aryl methyl sites for hydroxylation is 2. The van der Waals surface area contributed by atoms with Gasteiger partial charge >= 0.3 is 0 Å². The molecule has 1 amide bonds. The van der Waals surface area contributed by atoms with E-state index in [2.05, 4.69) is 17.4 Å². The van der Waals surface area contributed by atoms with E-state index in [1.807, 2.05) is 19.1 Å². The molecule has 0 aromatic heterocycles. The predicted octanol–water partition coefficient (Wildman–Crippen LogP) is 3.20. The van der Waals surface area contributed by atoms with Crippen LogP contribution in [0.5, 0.6) is 0 Å². The highest BCUT2D eigenvalue weighted by Gasteiger charge is 2.19. The summed E-state index contributed by atoms with van der Waals surface area (Å²) in [4.78, 5) is 22.4. The van der Waals surface area contributed by atoms with E-state index >= 15 is 0 Å². The van der Waals surface area contributed by atoms with Gasteiger partial charge in [-0.1, -0.05) is 35.9 Å². The minimum atomic E-state index is -3.63. The average Bonchev–Trinajstić information content (AvgIpc) is 2.68. The number of sulfonamides is 1. The fourth-order valence-electron chi connectivity index (χ4n) is 3.11. The topological polar surface area (TPSA) is 110 Å². The summed E-state index contributed by atoms with van der Waals surface area (Å²) >= 11 is 0. The summed E-state index contributed by atoms with van der Waals surface area (Å²) in [7, 11) is -3.63. The van der Waals surface area contributed by atoms with Crippen molar-refractivity contribution >= 4 is 27.3 Å². The first-order valence-corrected chi connectivity index (χ1v) is 11.6. The lowest BCUT2D eigenvalue weighted by atomic mass is 10.1. The van der Waals surface area contributed by atoms with Crippen LogP contribution in [-0.4, -0.2) is 38.6 Å². The van der Waals surface area contributed by atoms with E-state index in [-0.39, 0.29) is 30.2 Å². The van der Waals surface area contributed by atoms with Gasteiger partial charge in [0.2, 0.25) is 15.9 Å². The third-order valence-corrected chi connectivity index (χ3v) is 5.73. The lowest BCUT2D eigenvalue weighted by Gasteiger charge is -2.22. The molecule has 0 aliphatic heterocycles. The van der Waals surface area contributed by atoms with Crippen LogP contribution < -0.4 is 9.62 Å². The average molecular weight is 434 g/mol. The summed E-state index contributed by atoms with van der Waals surface area (Å²) < 4.78 is 25.3. The Bertz CT molecular complexity index is 992. The fourth-order valence-corrected chi connectivity index (χ4v) is 4.06. The maximum atomic E-state index is 12.1. The summed E-state index contributed by atoms with van der Waals surface area (Å²) in [5.41, 5.74) is 2.46. The molecular weight excluding hydrogens is 406 g/mol. The van der Waals surface area contributed by atoms with Crippen LogP contribution in [-0.2, 0) is 21.2 Å². The van der Waals surface area contributed by atoms with Crippen LogP contribution in [0.25, 0.3) is 0 Å². The molecule has 2 aromatic rings. The molecule has 8 nitrogen and oxygen atoms in total. The molecule has 0 aliphatic rings. The number of nitrogens with zero attached hydrogens (tertiary/aromatic N) is 2. The quantitative estimate of drug-likeness (QED) is 0.332. The molecule has 0 saturated heterocycles. The maximum Gasteiger partial charge on any atom is 0.271 e. The van der Waals surface area contributed by atoms with Crippen LogP contribution in [0.15, 0.2) is 48.5 Å². The Morgan fingerprint density at radius 3 is 2.53 bits per heavy atom. The van der Waals surface area contributed by atoms with Crippen molar-refractivity contribution in [2.75, 3.05) is 23.7 Å². The van der Waals surface area contributed by atoms with Crippen molar-refractivity contribution < 1.29 is 18.1 Å². The molecule has 0 saturated carbocycles. The largest absolute Gasteiger partial charge is 0.356 e. The summed E-state index contributed by atoms with van der Waals surface area (Å²) in [6.07, 6.45) is 3.21. The van der Waals surface area contributed by atoms with Crippen molar-refractivity contribution in [1.82, 2.24) is 5.32 Å². The van der Waals surface area contributed by atoms with Crippen molar-refractivity contribution in [2.45, 2.75) is 32.6 Å². The zero-order chi connectivity index (χ0) is 22.1. The van der Waals surface area contributed by atoms with Crippen molar-refractivity contribution in [2.24, 2.45) is 0 Å². The van der Waals surface area contributed by atoms with E-state index in [0.29, 0.717) is 13.0 Å². The number of hydrogen-bond acceptors (Lipinski definition) is 5. The number of nitro groups is 1. The second kappa shape index (κ2) is 10.7. The maximum absolute atomic E-state index is 12.1. The molecule has 0 aliphatic carbocycles. The van der Waals surface area contributed by atoms with Gasteiger partial charge in [0.15, 0.2) is 0 Å². The van der Waals surface area contributed by atoms with Gasteiger partial charge in [0.1, 0.15) is 0 Å². The van der Waals surface area contributed by atoms with Crippen molar-refractivity contribution in [1.29, 1.82) is 0 Å². The van der Waals surface area contributed by atoms with E-state index in [4.69, 9.17) is 0 Å². The molecule has 9 heteroatoms. The van der Waals surface area contributed by atoms with Crippen LogP contribution >= 0.6 is 0 Å². The number of nitro benzene ring substituents is 1. The first-order valence-electron chi connectivity index (χ1n) is 9.71. The van der Waals surface area contributed by atoms with Crippen LogP contribution in [0.4, 0.5) is 11.4 Å². The number of non-ortho nitro benzene ring substituents is 1. The fraction of sp³-hybridized carbons (Fsp3) is 0.381. The van der Waals surface area contributed by atoms with Crippen LogP contribution in [0.3, 0.4) is 0 Å². The molecule has 0 unspecified atom stereocenters. The smallest absolute Gasteiger partial charge is 0.271 e. The molecule has 0 heterocycles. The lowest BCUT2D eigenvalue weighted by molar-refractivity contribution is -0.384. The molecule has 0 spiro atoms. The van der Waals surface area contributed by atoms with Gasteiger partial charge in [-0.25, -0.2) is 8.42 Å². The summed E-state index contributed by atoms with van der Waals surface area (Å²) in [6, 6.07) is 13.7. The van der Waals surface area contributed by atoms with E-state index in [0.717, 1.165) is 23.4 Å². The van der Waals surface area contributed by atoms with Crippen molar-refractivity contribution in [3.8, 4) is 0 Å². The number of amides is 1. The zero-order valence-corrected chi connectivity index (χ0v) is 18.0. The monoisotopic (exact) mass is 433 g/mol. The number of anilines is 1. The Morgan fingerprint density at radius 2 is 1.87 bits per heavy atom. The van der Waals surface area contributed by atoms with Gasteiger partial charge in [-0.15, -0.1) is 0 Å².